The van der Waals surface area contributed by atoms with Crippen molar-refractivity contribution in [1.29, 1.82) is 0 Å². The average Bonchev–Trinajstić information content (AvgIpc) is 2.42. The summed E-state index contributed by atoms with van der Waals surface area (Å²) >= 11 is 3.36. The van der Waals surface area contributed by atoms with Crippen LogP contribution in [0.4, 0.5) is 17.1 Å². The van der Waals surface area contributed by atoms with Crippen LogP contribution in [0.1, 0.15) is 10.4 Å². The van der Waals surface area contributed by atoms with E-state index in [9.17, 15) is 9.90 Å². The van der Waals surface area contributed by atoms with Crippen LogP contribution in [0.15, 0.2) is 40.9 Å². The van der Waals surface area contributed by atoms with Gasteiger partial charge in [0.2, 0.25) is 0 Å². The number of benzene rings is 2. The minimum Gasteiger partial charge on any atom is -0.495 e. The third kappa shape index (κ3) is 2.85. The Labute approximate surface area is 124 Å². The fourth-order valence-electron chi connectivity index (χ4n) is 1.77. The summed E-state index contributed by atoms with van der Waals surface area (Å²) in [6.07, 6.45) is 0. The van der Waals surface area contributed by atoms with Crippen LogP contribution < -0.4 is 15.8 Å². The summed E-state index contributed by atoms with van der Waals surface area (Å²) in [6, 6.07) is 10.1. The molecule has 0 aliphatic heterocycles. The fourth-order valence-corrected chi connectivity index (χ4v) is 2.18. The van der Waals surface area contributed by atoms with Crippen molar-refractivity contribution in [2.75, 3.05) is 18.2 Å². The maximum atomic E-state index is 11.2. The molecule has 0 aliphatic rings. The van der Waals surface area contributed by atoms with Crippen LogP contribution in [0.25, 0.3) is 0 Å². The molecule has 0 saturated heterocycles. The first-order valence-corrected chi connectivity index (χ1v) is 6.54. The van der Waals surface area contributed by atoms with Gasteiger partial charge in [0, 0.05) is 11.8 Å². The highest BCUT2D eigenvalue weighted by Crippen LogP contribution is 2.32. The van der Waals surface area contributed by atoms with Gasteiger partial charge in [-0.2, -0.15) is 0 Å². The fraction of sp³-hybridized carbons (Fsp3) is 0.0714. The predicted molar refractivity (Wildman–Crippen MR) is 81.8 cm³/mol. The van der Waals surface area contributed by atoms with Gasteiger partial charge in [-0.25, -0.2) is 4.79 Å². The number of carboxylic acids is 1. The van der Waals surface area contributed by atoms with Gasteiger partial charge in [0.05, 0.1) is 28.5 Å². The van der Waals surface area contributed by atoms with Gasteiger partial charge in [0.25, 0.3) is 0 Å². The third-order valence-corrected chi connectivity index (χ3v) is 3.40. The smallest absolute Gasteiger partial charge is 0.337 e. The number of methoxy groups -OCH3 is 1. The SMILES string of the molecule is COc1cc(Nc2c(N)cccc2C(=O)O)ccc1Br. The molecule has 0 saturated carbocycles. The predicted octanol–water partition coefficient (Wildman–Crippen LogP) is 3.48. The quantitative estimate of drug-likeness (QED) is 0.744. The van der Waals surface area contributed by atoms with Crippen molar-refractivity contribution in [2.24, 2.45) is 0 Å². The summed E-state index contributed by atoms with van der Waals surface area (Å²) < 4.78 is 6.01. The zero-order chi connectivity index (χ0) is 14.7. The highest BCUT2D eigenvalue weighted by atomic mass is 79.9. The molecule has 5 nitrogen and oxygen atoms in total. The van der Waals surface area contributed by atoms with E-state index in [0.717, 1.165) is 4.47 Å². The lowest BCUT2D eigenvalue weighted by Crippen LogP contribution is -2.05. The number of nitrogen functional groups attached to an aromatic ring is 1. The number of halogens is 1. The minimum absolute atomic E-state index is 0.117. The monoisotopic (exact) mass is 336 g/mol. The van der Waals surface area contributed by atoms with Gasteiger partial charge in [0.15, 0.2) is 0 Å². The number of hydrogen-bond acceptors (Lipinski definition) is 4. The number of nitrogens with one attached hydrogen (secondary N) is 1. The van der Waals surface area contributed by atoms with E-state index in [1.807, 2.05) is 0 Å². The van der Waals surface area contributed by atoms with Gasteiger partial charge in [-0.05, 0) is 40.2 Å². The normalized spacial score (nSPS) is 10.1. The molecule has 104 valence electrons. The van der Waals surface area contributed by atoms with Gasteiger partial charge in [-0.3, -0.25) is 0 Å². The van der Waals surface area contributed by atoms with Crippen molar-refractivity contribution in [2.45, 2.75) is 0 Å². The zero-order valence-corrected chi connectivity index (χ0v) is 12.3. The molecule has 2 aromatic carbocycles. The molecule has 0 amide bonds. The lowest BCUT2D eigenvalue weighted by atomic mass is 10.1. The molecule has 6 heteroatoms. The standard InChI is InChI=1S/C14H13BrN2O3/c1-20-12-7-8(5-6-10(12)15)17-13-9(14(18)19)3-2-4-11(13)16/h2-7,17H,16H2,1H3,(H,18,19). The van der Waals surface area contributed by atoms with Crippen molar-refractivity contribution in [3.05, 3.63) is 46.4 Å². The molecule has 0 bridgehead atoms. The highest BCUT2D eigenvalue weighted by Gasteiger charge is 2.13. The molecule has 0 fully saturated rings. The molecule has 0 heterocycles. The van der Waals surface area contributed by atoms with Gasteiger partial charge >= 0.3 is 5.97 Å². The van der Waals surface area contributed by atoms with E-state index in [-0.39, 0.29) is 5.56 Å². The molecule has 0 radical (unpaired) electrons. The van der Waals surface area contributed by atoms with Crippen LogP contribution in [-0.2, 0) is 0 Å². The van der Waals surface area contributed by atoms with E-state index in [2.05, 4.69) is 21.2 Å². The third-order valence-electron chi connectivity index (χ3n) is 2.75. The molecule has 20 heavy (non-hydrogen) atoms. The summed E-state index contributed by atoms with van der Waals surface area (Å²) in [6.45, 7) is 0. The summed E-state index contributed by atoms with van der Waals surface area (Å²) in [5, 5.41) is 12.2. The summed E-state index contributed by atoms with van der Waals surface area (Å²) in [4.78, 5) is 11.2. The first-order valence-electron chi connectivity index (χ1n) is 5.75. The Morgan fingerprint density at radius 1 is 1.35 bits per heavy atom. The van der Waals surface area contributed by atoms with Crippen molar-refractivity contribution in [3.8, 4) is 5.75 Å². The first-order chi connectivity index (χ1) is 9.52. The molecule has 2 rings (SSSR count). The van der Waals surface area contributed by atoms with E-state index in [1.54, 1.807) is 37.4 Å². The number of ether oxygens (including phenoxy) is 1. The summed E-state index contributed by atoms with van der Waals surface area (Å²) in [5.41, 5.74) is 7.38. The molecule has 0 aliphatic carbocycles. The Bertz CT molecular complexity index is 659. The number of carbonyl (C=O) groups is 1. The summed E-state index contributed by atoms with van der Waals surface area (Å²) in [7, 11) is 1.56. The van der Waals surface area contributed by atoms with Crippen LogP contribution in [0.2, 0.25) is 0 Å². The van der Waals surface area contributed by atoms with Gasteiger partial charge in [-0.1, -0.05) is 6.07 Å². The van der Waals surface area contributed by atoms with E-state index in [4.69, 9.17) is 10.5 Å². The van der Waals surface area contributed by atoms with Crippen LogP contribution >= 0.6 is 15.9 Å². The van der Waals surface area contributed by atoms with E-state index < -0.39 is 5.97 Å². The van der Waals surface area contributed by atoms with Crippen LogP contribution in [0.5, 0.6) is 5.75 Å². The molecule has 0 atom stereocenters. The van der Waals surface area contributed by atoms with Crippen molar-refractivity contribution in [3.63, 3.8) is 0 Å². The minimum atomic E-state index is -1.04. The summed E-state index contributed by atoms with van der Waals surface area (Å²) in [5.74, 6) is -0.398. The van der Waals surface area contributed by atoms with Crippen LogP contribution in [0, 0.1) is 0 Å². The molecule has 0 spiro atoms. The lowest BCUT2D eigenvalue weighted by molar-refractivity contribution is 0.0698. The van der Waals surface area contributed by atoms with Crippen molar-refractivity contribution < 1.29 is 14.6 Å². The highest BCUT2D eigenvalue weighted by molar-refractivity contribution is 9.10. The second-order valence-corrected chi connectivity index (χ2v) is 4.90. The topological polar surface area (TPSA) is 84.6 Å². The Kier molecular flexibility index (Phi) is 4.14. The largest absolute Gasteiger partial charge is 0.495 e. The van der Waals surface area contributed by atoms with Crippen molar-refractivity contribution >= 4 is 39.0 Å². The molecule has 4 N–H and O–H groups in total. The van der Waals surface area contributed by atoms with Crippen LogP contribution in [0.3, 0.4) is 0 Å². The Morgan fingerprint density at radius 2 is 2.10 bits per heavy atom. The Balaban J connectivity index is 2.42. The van der Waals surface area contributed by atoms with Crippen LogP contribution in [-0.4, -0.2) is 18.2 Å². The first kappa shape index (κ1) is 14.2. The number of aromatic carboxylic acids is 1. The van der Waals surface area contributed by atoms with E-state index in [0.29, 0.717) is 22.8 Å². The Hall–Kier alpha value is -2.21. The molecular formula is C14H13BrN2O3. The molecule has 2 aromatic rings. The number of rotatable bonds is 4. The van der Waals surface area contributed by atoms with E-state index in [1.165, 1.54) is 6.07 Å². The molecule has 0 unspecified atom stereocenters. The number of hydrogen-bond donors (Lipinski definition) is 3. The number of para-hydroxylation sites is 1. The van der Waals surface area contributed by atoms with Gasteiger partial charge < -0.3 is 20.9 Å². The lowest BCUT2D eigenvalue weighted by Gasteiger charge is -2.13. The van der Waals surface area contributed by atoms with Crippen molar-refractivity contribution in [1.82, 2.24) is 0 Å². The van der Waals surface area contributed by atoms with E-state index >= 15 is 0 Å². The maximum absolute atomic E-state index is 11.2. The van der Waals surface area contributed by atoms with Gasteiger partial charge in [0.1, 0.15) is 5.75 Å². The Morgan fingerprint density at radius 3 is 2.75 bits per heavy atom. The zero-order valence-electron chi connectivity index (χ0n) is 10.7. The van der Waals surface area contributed by atoms with Gasteiger partial charge in [-0.15, -0.1) is 0 Å². The average molecular weight is 337 g/mol. The number of carboxylic acid groups (broad SMARTS) is 1. The molecular weight excluding hydrogens is 324 g/mol. The second-order valence-electron chi connectivity index (χ2n) is 4.05. The maximum Gasteiger partial charge on any atom is 0.337 e. The second kappa shape index (κ2) is 5.83. The number of nitrogens with two attached hydrogens (primary N) is 1. The number of anilines is 3. The molecule has 0 aromatic heterocycles.